The summed E-state index contributed by atoms with van der Waals surface area (Å²) in [4.78, 5) is 13.3. The summed E-state index contributed by atoms with van der Waals surface area (Å²) in [5, 5.41) is 7.14. The van der Waals surface area contributed by atoms with Crippen molar-refractivity contribution in [1.29, 1.82) is 0 Å². The van der Waals surface area contributed by atoms with Gasteiger partial charge in [-0.15, -0.1) is 11.3 Å². The van der Waals surface area contributed by atoms with E-state index in [1.807, 2.05) is 53.9 Å². The smallest absolute Gasteiger partial charge is 0.251 e. The number of carbonyl (C=O) groups excluding carboxylic acids is 1. The fourth-order valence-electron chi connectivity index (χ4n) is 2.04. The number of fused-ring (bicyclic) bond motifs is 1. The minimum absolute atomic E-state index is 0.0387. The van der Waals surface area contributed by atoms with Crippen molar-refractivity contribution in [3.63, 3.8) is 0 Å². The molecule has 1 amide bonds. The molecule has 100 valence electrons. The second kappa shape index (κ2) is 5.77. The van der Waals surface area contributed by atoms with Gasteiger partial charge < -0.3 is 5.32 Å². The van der Waals surface area contributed by atoms with E-state index in [0.29, 0.717) is 12.1 Å². The van der Waals surface area contributed by atoms with Crippen LogP contribution >= 0.6 is 27.3 Å². The number of rotatable bonds is 3. The zero-order valence-corrected chi connectivity index (χ0v) is 13.0. The fraction of sp³-hybridized carbons (Fsp3) is 0.0625. The van der Waals surface area contributed by atoms with Crippen molar-refractivity contribution in [1.82, 2.24) is 5.32 Å². The summed E-state index contributed by atoms with van der Waals surface area (Å²) in [7, 11) is 0. The molecule has 0 radical (unpaired) electrons. The molecule has 1 aromatic heterocycles. The Balaban J connectivity index is 1.79. The van der Waals surface area contributed by atoms with Gasteiger partial charge in [0.1, 0.15) is 0 Å². The Hall–Kier alpha value is -1.65. The van der Waals surface area contributed by atoms with Gasteiger partial charge in [0.15, 0.2) is 0 Å². The van der Waals surface area contributed by atoms with Gasteiger partial charge in [0.25, 0.3) is 5.91 Å². The molecule has 1 heterocycles. The number of thiophene rings is 1. The number of nitrogens with one attached hydrogen (secondary N) is 1. The lowest BCUT2D eigenvalue weighted by Crippen LogP contribution is -2.22. The van der Waals surface area contributed by atoms with Crippen molar-refractivity contribution in [3.8, 4) is 0 Å². The van der Waals surface area contributed by atoms with Gasteiger partial charge in [0.05, 0.1) is 6.54 Å². The summed E-state index contributed by atoms with van der Waals surface area (Å²) < 4.78 is 1.04. The zero-order chi connectivity index (χ0) is 13.9. The van der Waals surface area contributed by atoms with E-state index < -0.39 is 0 Å². The Morgan fingerprint density at radius 3 is 2.70 bits per heavy atom. The molecule has 0 spiro atoms. The van der Waals surface area contributed by atoms with Crippen LogP contribution in [0.25, 0.3) is 10.8 Å². The van der Waals surface area contributed by atoms with E-state index in [4.69, 9.17) is 0 Å². The van der Waals surface area contributed by atoms with Crippen LogP contribution in [0.15, 0.2) is 58.4 Å². The highest BCUT2D eigenvalue weighted by atomic mass is 79.9. The Labute approximate surface area is 129 Å². The monoisotopic (exact) mass is 345 g/mol. The highest BCUT2D eigenvalue weighted by Gasteiger charge is 2.06. The first kappa shape index (κ1) is 13.3. The quantitative estimate of drug-likeness (QED) is 0.738. The van der Waals surface area contributed by atoms with Crippen LogP contribution in [-0.4, -0.2) is 5.91 Å². The van der Waals surface area contributed by atoms with Crippen LogP contribution in [-0.2, 0) is 6.54 Å². The van der Waals surface area contributed by atoms with Crippen molar-refractivity contribution < 1.29 is 4.79 Å². The Morgan fingerprint density at radius 1 is 1.10 bits per heavy atom. The third kappa shape index (κ3) is 2.92. The summed E-state index contributed by atoms with van der Waals surface area (Å²) >= 11 is 5.09. The van der Waals surface area contributed by atoms with Gasteiger partial charge in [-0.25, -0.2) is 0 Å². The standard InChI is InChI=1S/C16H12BrNOS/c17-14-6-5-11-8-13(4-3-12(11)9-14)16(19)18-10-15-2-1-7-20-15/h1-9H,10H2,(H,18,19). The number of amides is 1. The minimum Gasteiger partial charge on any atom is -0.347 e. The maximum Gasteiger partial charge on any atom is 0.251 e. The molecular formula is C16H12BrNOS. The van der Waals surface area contributed by atoms with Gasteiger partial charge in [-0.2, -0.15) is 0 Å². The van der Waals surface area contributed by atoms with Gasteiger partial charge in [-0.05, 0) is 46.5 Å². The van der Waals surface area contributed by atoms with Crippen LogP contribution < -0.4 is 5.32 Å². The molecule has 2 nitrogen and oxygen atoms in total. The Kier molecular flexibility index (Phi) is 3.85. The number of hydrogen-bond donors (Lipinski definition) is 1. The van der Waals surface area contributed by atoms with Gasteiger partial charge in [0, 0.05) is 14.9 Å². The van der Waals surface area contributed by atoms with Gasteiger partial charge in [0.2, 0.25) is 0 Å². The van der Waals surface area contributed by atoms with Crippen LogP contribution in [0, 0.1) is 0 Å². The summed E-state index contributed by atoms with van der Waals surface area (Å²) in [6.07, 6.45) is 0. The second-order valence-electron chi connectivity index (χ2n) is 4.47. The second-order valence-corrected chi connectivity index (χ2v) is 6.42. The molecule has 20 heavy (non-hydrogen) atoms. The number of halogens is 1. The number of benzene rings is 2. The van der Waals surface area contributed by atoms with Crippen molar-refractivity contribution in [2.45, 2.75) is 6.54 Å². The van der Waals surface area contributed by atoms with Crippen LogP contribution in [0.2, 0.25) is 0 Å². The van der Waals surface area contributed by atoms with Crippen molar-refractivity contribution >= 4 is 43.9 Å². The molecule has 0 saturated heterocycles. The molecule has 0 aliphatic heterocycles. The van der Waals surface area contributed by atoms with Crippen molar-refractivity contribution in [3.05, 3.63) is 68.8 Å². The van der Waals surface area contributed by atoms with Gasteiger partial charge >= 0.3 is 0 Å². The maximum atomic E-state index is 12.1. The predicted octanol–water partition coefficient (Wildman–Crippen LogP) is 4.59. The third-order valence-corrected chi connectivity index (χ3v) is 4.44. The summed E-state index contributed by atoms with van der Waals surface area (Å²) in [6, 6.07) is 15.8. The normalized spacial score (nSPS) is 10.7. The average Bonchev–Trinajstić information content (AvgIpc) is 2.97. The Bertz CT molecular complexity index is 752. The lowest BCUT2D eigenvalue weighted by Gasteiger charge is -2.05. The molecule has 4 heteroatoms. The Morgan fingerprint density at radius 2 is 1.90 bits per heavy atom. The highest BCUT2D eigenvalue weighted by molar-refractivity contribution is 9.10. The molecule has 1 N–H and O–H groups in total. The van der Waals surface area contributed by atoms with E-state index in [9.17, 15) is 4.79 Å². The van der Waals surface area contributed by atoms with Crippen molar-refractivity contribution in [2.75, 3.05) is 0 Å². The summed E-state index contributed by atoms with van der Waals surface area (Å²) in [5.74, 6) is -0.0387. The van der Waals surface area contributed by atoms with Gasteiger partial charge in [-0.3, -0.25) is 4.79 Å². The third-order valence-electron chi connectivity index (χ3n) is 3.07. The van der Waals surface area contributed by atoms with E-state index in [1.165, 1.54) is 0 Å². The molecule has 0 aliphatic carbocycles. The predicted molar refractivity (Wildman–Crippen MR) is 87.1 cm³/mol. The molecule has 0 aliphatic rings. The largest absolute Gasteiger partial charge is 0.347 e. The molecule has 0 bridgehead atoms. The van der Waals surface area contributed by atoms with Gasteiger partial charge in [-0.1, -0.05) is 34.1 Å². The highest BCUT2D eigenvalue weighted by Crippen LogP contribution is 2.21. The first-order valence-electron chi connectivity index (χ1n) is 6.22. The number of hydrogen-bond acceptors (Lipinski definition) is 2. The fourth-order valence-corrected chi connectivity index (χ4v) is 3.06. The molecular weight excluding hydrogens is 334 g/mol. The van der Waals surface area contributed by atoms with Crippen LogP contribution in [0.5, 0.6) is 0 Å². The van der Waals surface area contributed by atoms with Crippen LogP contribution in [0.3, 0.4) is 0 Å². The summed E-state index contributed by atoms with van der Waals surface area (Å²) in [6.45, 7) is 0.578. The van der Waals surface area contributed by atoms with E-state index in [2.05, 4.69) is 21.2 Å². The topological polar surface area (TPSA) is 29.1 Å². The zero-order valence-electron chi connectivity index (χ0n) is 10.6. The van der Waals surface area contributed by atoms with Crippen molar-refractivity contribution in [2.24, 2.45) is 0 Å². The van der Waals surface area contributed by atoms with E-state index >= 15 is 0 Å². The first-order valence-corrected chi connectivity index (χ1v) is 7.89. The number of carbonyl (C=O) groups is 1. The molecule has 3 rings (SSSR count). The van der Waals surface area contributed by atoms with Crippen LogP contribution in [0.1, 0.15) is 15.2 Å². The molecule has 0 saturated carbocycles. The molecule has 0 atom stereocenters. The molecule has 3 aromatic rings. The van der Waals surface area contributed by atoms with E-state index in [0.717, 1.165) is 20.1 Å². The molecule has 2 aromatic carbocycles. The average molecular weight is 346 g/mol. The summed E-state index contributed by atoms with van der Waals surface area (Å²) in [5.41, 5.74) is 0.691. The first-order chi connectivity index (χ1) is 9.72. The lowest BCUT2D eigenvalue weighted by atomic mass is 10.1. The van der Waals surface area contributed by atoms with Crippen LogP contribution in [0.4, 0.5) is 0 Å². The minimum atomic E-state index is -0.0387. The lowest BCUT2D eigenvalue weighted by molar-refractivity contribution is 0.0951. The SMILES string of the molecule is O=C(NCc1cccs1)c1ccc2cc(Br)ccc2c1. The van der Waals surface area contributed by atoms with E-state index in [1.54, 1.807) is 11.3 Å². The van der Waals surface area contributed by atoms with E-state index in [-0.39, 0.29) is 5.91 Å². The molecule has 0 unspecified atom stereocenters. The maximum absolute atomic E-state index is 12.1. The molecule has 0 fully saturated rings.